The van der Waals surface area contributed by atoms with Crippen LogP contribution in [0.3, 0.4) is 0 Å². The molecule has 0 saturated heterocycles. The van der Waals surface area contributed by atoms with Gasteiger partial charge in [0, 0.05) is 29.1 Å². The molecule has 27 heavy (non-hydrogen) atoms. The van der Waals surface area contributed by atoms with E-state index in [2.05, 4.69) is 18.0 Å². The molecule has 5 heteroatoms. The Labute approximate surface area is 163 Å². The molecule has 0 aliphatic carbocycles. The predicted octanol–water partition coefficient (Wildman–Crippen LogP) is 4.68. The Hall–Kier alpha value is -2.59. The molecule has 0 unspecified atom stereocenters. The number of rotatable bonds is 6. The van der Waals surface area contributed by atoms with Crippen LogP contribution in [-0.4, -0.2) is 15.8 Å². The molecule has 1 heterocycles. The minimum absolute atomic E-state index is 0.00626. The number of carbonyl (C=O) groups excluding carboxylic acids is 1. The summed E-state index contributed by atoms with van der Waals surface area (Å²) in [7, 11) is 0. The number of aryl methyl sites for hydroxylation is 1. The molecule has 0 radical (unpaired) electrons. The quantitative estimate of drug-likeness (QED) is 0.672. The van der Waals surface area contributed by atoms with E-state index in [1.165, 1.54) is 5.56 Å². The van der Waals surface area contributed by atoms with E-state index in [1.54, 1.807) is 17.0 Å². The molecule has 1 aromatic heterocycles. The second kappa shape index (κ2) is 8.40. The van der Waals surface area contributed by atoms with Gasteiger partial charge in [-0.3, -0.25) is 9.59 Å². The molecule has 1 N–H and O–H groups in total. The average Bonchev–Trinajstić information content (AvgIpc) is 2.68. The Kier molecular flexibility index (Phi) is 5.97. The van der Waals surface area contributed by atoms with Gasteiger partial charge in [0.15, 0.2) is 0 Å². The molecule has 0 aliphatic heterocycles. The normalized spacial score (nSPS) is 10.9. The minimum Gasteiger partial charge on any atom is -0.334 e. The second-order valence-electron chi connectivity index (χ2n) is 6.63. The number of amides is 1. The average molecular weight is 383 g/mol. The van der Waals surface area contributed by atoms with Gasteiger partial charge >= 0.3 is 0 Å². The van der Waals surface area contributed by atoms with Crippen molar-refractivity contribution >= 4 is 28.4 Å². The number of halogens is 1. The first-order valence-corrected chi connectivity index (χ1v) is 9.55. The van der Waals surface area contributed by atoms with Gasteiger partial charge in [0.05, 0.1) is 6.54 Å². The number of aromatic nitrogens is 1. The first-order valence-electron chi connectivity index (χ1n) is 9.17. The van der Waals surface area contributed by atoms with Crippen molar-refractivity contribution in [2.45, 2.75) is 39.8 Å². The molecule has 0 atom stereocenters. The van der Waals surface area contributed by atoms with Crippen LogP contribution < -0.4 is 5.56 Å². The maximum Gasteiger partial charge on any atom is 0.253 e. The topological polar surface area (TPSA) is 53.2 Å². The third-order valence-electron chi connectivity index (χ3n) is 4.70. The number of nitrogens with one attached hydrogen (secondary N) is 1. The van der Waals surface area contributed by atoms with Crippen molar-refractivity contribution in [2.75, 3.05) is 0 Å². The summed E-state index contributed by atoms with van der Waals surface area (Å²) in [6.07, 6.45) is 1.32. The third kappa shape index (κ3) is 4.58. The van der Waals surface area contributed by atoms with Crippen LogP contribution in [0.4, 0.5) is 0 Å². The minimum atomic E-state index is -0.156. The molecule has 3 rings (SSSR count). The summed E-state index contributed by atoms with van der Waals surface area (Å²) in [6.45, 7) is 4.64. The van der Waals surface area contributed by atoms with Crippen molar-refractivity contribution in [3.8, 4) is 0 Å². The van der Waals surface area contributed by atoms with Gasteiger partial charge in [-0.25, -0.2) is 0 Å². The van der Waals surface area contributed by atoms with Crippen LogP contribution in [0, 0.1) is 0 Å². The molecule has 0 aliphatic rings. The maximum absolute atomic E-state index is 12.5. The van der Waals surface area contributed by atoms with Crippen molar-refractivity contribution < 1.29 is 4.79 Å². The summed E-state index contributed by atoms with van der Waals surface area (Å²) in [5.41, 5.74) is 3.44. The molecular formula is C22H23ClN2O2. The van der Waals surface area contributed by atoms with Gasteiger partial charge in [-0.1, -0.05) is 43.6 Å². The Bertz CT molecular complexity index is 1010. The largest absolute Gasteiger partial charge is 0.334 e. The van der Waals surface area contributed by atoms with Crippen LogP contribution in [0.5, 0.6) is 0 Å². The van der Waals surface area contributed by atoms with Crippen LogP contribution in [0.25, 0.3) is 10.9 Å². The van der Waals surface area contributed by atoms with Crippen molar-refractivity contribution in [1.29, 1.82) is 0 Å². The highest BCUT2D eigenvalue weighted by molar-refractivity contribution is 6.30. The number of benzene rings is 2. The van der Waals surface area contributed by atoms with E-state index in [0.29, 0.717) is 23.6 Å². The molecule has 0 spiro atoms. The Morgan fingerprint density at radius 2 is 1.70 bits per heavy atom. The predicted molar refractivity (Wildman–Crippen MR) is 110 cm³/mol. The van der Waals surface area contributed by atoms with E-state index in [9.17, 15) is 9.59 Å². The first kappa shape index (κ1) is 19.2. The van der Waals surface area contributed by atoms with Gasteiger partial charge in [-0.2, -0.15) is 0 Å². The van der Waals surface area contributed by atoms with Crippen molar-refractivity contribution in [1.82, 2.24) is 9.88 Å². The van der Waals surface area contributed by atoms with Crippen molar-refractivity contribution in [3.05, 3.63) is 80.6 Å². The molecule has 1 amide bonds. The van der Waals surface area contributed by atoms with Crippen molar-refractivity contribution in [2.24, 2.45) is 0 Å². The molecular weight excluding hydrogens is 360 g/mol. The van der Waals surface area contributed by atoms with E-state index < -0.39 is 0 Å². The van der Waals surface area contributed by atoms with Gasteiger partial charge in [0.2, 0.25) is 5.91 Å². The fourth-order valence-electron chi connectivity index (χ4n) is 3.11. The Morgan fingerprint density at radius 3 is 2.37 bits per heavy atom. The zero-order valence-electron chi connectivity index (χ0n) is 15.6. The van der Waals surface area contributed by atoms with Gasteiger partial charge in [-0.05, 0) is 53.3 Å². The monoisotopic (exact) mass is 382 g/mol. The molecule has 4 nitrogen and oxygen atoms in total. The SMILES string of the molecule is CCC(=O)N(Cc1ccc(Cl)cc1)Cc1cc2cc(CC)ccc2[nH]c1=O. The zero-order valence-corrected chi connectivity index (χ0v) is 16.3. The number of carbonyl (C=O) groups is 1. The molecule has 0 bridgehead atoms. The molecule has 3 aromatic rings. The number of H-pyrrole nitrogens is 1. The summed E-state index contributed by atoms with van der Waals surface area (Å²) in [5.74, 6) is 0.00626. The molecule has 2 aromatic carbocycles. The summed E-state index contributed by atoms with van der Waals surface area (Å²) in [6, 6.07) is 15.3. The molecule has 0 saturated carbocycles. The van der Waals surface area contributed by atoms with Crippen LogP contribution in [-0.2, 0) is 24.3 Å². The van der Waals surface area contributed by atoms with E-state index in [4.69, 9.17) is 11.6 Å². The van der Waals surface area contributed by atoms with Crippen LogP contribution in [0.2, 0.25) is 5.02 Å². The molecule has 0 fully saturated rings. The standard InChI is InChI=1S/C22H23ClN2O2/c1-3-15-7-10-20-17(11-15)12-18(22(27)24-20)14-25(21(26)4-2)13-16-5-8-19(23)9-6-16/h5-12H,3-4,13-14H2,1-2H3,(H,24,27). The zero-order chi connectivity index (χ0) is 19.4. The highest BCUT2D eigenvalue weighted by Gasteiger charge is 2.15. The fourth-order valence-corrected chi connectivity index (χ4v) is 3.24. The lowest BCUT2D eigenvalue weighted by Crippen LogP contribution is -2.31. The Balaban J connectivity index is 1.92. The van der Waals surface area contributed by atoms with E-state index in [1.807, 2.05) is 37.3 Å². The highest BCUT2D eigenvalue weighted by atomic mass is 35.5. The van der Waals surface area contributed by atoms with E-state index in [-0.39, 0.29) is 18.0 Å². The highest BCUT2D eigenvalue weighted by Crippen LogP contribution is 2.17. The van der Waals surface area contributed by atoms with Gasteiger partial charge in [-0.15, -0.1) is 0 Å². The number of hydrogen-bond acceptors (Lipinski definition) is 2. The van der Waals surface area contributed by atoms with Crippen LogP contribution >= 0.6 is 11.6 Å². The molecule has 140 valence electrons. The smallest absolute Gasteiger partial charge is 0.253 e. The summed E-state index contributed by atoms with van der Waals surface area (Å²) in [5, 5.41) is 1.64. The number of pyridine rings is 1. The third-order valence-corrected chi connectivity index (χ3v) is 4.95. The summed E-state index contributed by atoms with van der Waals surface area (Å²) in [4.78, 5) is 29.6. The second-order valence-corrected chi connectivity index (χ2v) is 7.07. The number of hydrogen-bond donors (Lipinski definition) is 1. The lowest BCUT2D eigenvalue weighted by molar-refractivity contribution is -0.132. The van der Waals surface area contributed by atoms with Crippen LogP contribution in [0.15, 0.2) is 53.3 Å². The fraction of sp³-hybridized carbons (Fsp3) is 0.273. The summed E-state index contributed by atoms with van der Waals surface area (Å²) >= 11 is 5.94. The number of aromatic amines is 1. The van der Waals surface area contributed by atoms with Crippen LogP contribution in [0.1, 0.15) is 37.0 Å². The van der Waals surface area contributed by atoms with Gasteiger partial charge in [0.1, 0.15) is 0 Å². The van der Waals surface area contributed by atoms with Gasteiger partial charge < -0.3 is 9.88 Å². The number of fused-ring (bicyclic) bond motifs is 1. The number of nitrogens with zero attached hydrogens (tertiary/aromatic N) is 1. The summed E-state index contributed by atoms with van der Waals surface area (Å²) < 4.78 is 0. The first-order chi connectivity index (χ1) is 13.0. The Morgan fingerprint density at radius 1 is 1.00 bits per heavy atom. The maximum atomic E-state index is 12.5. The lowest BCUT2D eigenvalue weighted by Gasteiger charge is -2.22. The van der Waals surface area contributed by atoms with E-state index in [0.717, 1.165) is 22.9 Å². The van der Waals surface area contributed by atoms with Gasteiger partial charge in [0.25, 0.3) is 5.56 Å². The van der Waals surface area contributed by atoms with E-state index >= 15 is 0 Å². The van der Waals surface area contributed by atoms with Crippen molar-refractivity contribution in [3.63, 3.8) is 0 Å². The lowest BCUT2D eigenvalue weighted by atomic mass is 10.1.